The van der Waals surface area contributed by atoms with Gasteiger partial charge in [-0.1, -0.05) is 56.3 Å². The summed E-state index contributed by atoms with van der Waals surface area (Å²) in [4.78, 5) is 37.7. The first kappa shape index (κ1) is 24.1. The predicted octanol–water partition coefficient (Wildman–Crippen LogP) is 2.43. The van der Waals surface area contributed by atoms with E-state index >= 15 is 0 Å². The molecule has 0 aliphatic rings. The molecule has 0 saturated carbocycles. The highest BCUT2D eigenvalue weighted by molar-refractivity contribution is 5.88. The molecule has 0 radical (unpaired) electrons. The van der Waals surface area contributed by atoms with Crippen molar-refractivity contribution < 1.29 is 29.3 Å². The summed E-state index contributed by atoms with van der Waals surface area (Å²) in [5.41, 5.74) is 0.799. The highest BCUT2D eigenvalue weighted by atomic mass is 16.5. The highest BCUT2D eigenvalue weighted by Gasteiger charge is 2.28. The topological polar surface area (TPSA) is 116 Å². The lowest BCUT2D eigenvalue weighted by molar-refractivity contribution is -0.153. The van der Waals surface area contributed by atoms with Gasteiger partial charge in [-0.15, -0.1) is 0 Å². The molecule has 2 unspecified atom stereocenters. The van der Waals surface area contributed by atoms with Crippen molar-refractivity contribution in [2.75, 3.05) is 19.7 Å². The fourth-order valence-electron chi connectivity index (χ4n) is 3.33. The summed E-state index contributed by atoms with van der Waals surface area (Å²) in [7, 11) is 0. The number of carbonyl (C=O) groups excluding carboxylic acids is 2. The summed E-state index contributed by atoms with van der Waals surface area (Å²) >= 11 is 0. The first-order valence-electron chi connectivity index (χ1n) is 10.3. The number of aliphatic hydroxyl groups is 1. The van der Waals surface area contributed by atoms with Gasteiger partial charge in [0.2, 0.25) is 0 Å². The Morgan fingerprint density at radius 3 is 2.39 bits per heavy atom. The third kappa shape index (κ3) is 6.96. The van der Waals surface area contributed by atoms with Gasteiger partial charge in [-0.25, -0.2) is 14.4 Å². The molecular formula is C23H30N2O6. The van der Waals surface area contributed by atoms with E-state index in [0.29, 0.717) is 0 Å². The normalized spacial score (nSPS) is 12.9. The number of aliphatic carboxylic acids is 1. The molecule has 8 nitrogen and oxygen atoms in total. The van der Waals surface area contributed by atoms with Crippen molar-refractivity contribution in [1.29, 1.82) is 0 Å². The van der Waals surface area contributed by atoms with Crippen molar-refractivity contribution in [2.24, 2.45) is 5.92 Å². The maximum absolute atomic E-state index is 12.9. The number of hydrogen-bond donors (Lipinski definition) is 3. The molecule has 0 saturated heterocycles. The van der Waals surface area contributed by atoms with Gasteiger partial charge < -0.3 is 25.2 Å². The number of carboxylic acids is 1. The van der Waals surface area contributed by atoms with E-state index in [-0.39, 0.29) is 32.0 Å². The number of nitrogens with zero attached hydrogens (tertiary/aromatic N) is 1. The molecule has 3 N–H and O–H groups in total. The number of nitrogens with one attached hydrogen (secondary N) is 1. The molecule has 0 aromatic heterocycles. The molecular weight excluding hydrogens is 400 g/mol. The lowest BCUT2D eigenvalue weighted by atomic mass is 9.99. The van der Waals surface area contributed by atoms with Gasteiger partial charge in [0.15, 0.2) is 6.10 Å². The predicted molar refractivity (Wildman–Crippen MR) is 117 cm³/mol. The van der Waals surface area contributed by atoms with Crippen LogP contribution < -0.4 is 5.32 Å². The zero-order valence-electron chi connectivity index (χ0n) is 18.1. The number of aliphatic hydroxyl groups excluding tert-OH is 1. The van der Waals surface area contributed by atoms with E-state index in [0.717, 1.165) is 16.3 Å². The van der Waals surface area contributed by atoms with Gasteiger partial charge in [0.1, 0.15) is 6.04 Å². The molecule has 2 atom stereocenters. The van der Waals surface area contributed by atoms with Crippen molar-refractivity contribution in [3.05, 3.63) is 48.0 Å². The monoisotopic (exact) mass is 430 g/mol. The van der Waals surface area contributed by atoms with Crippen LogP contribution in [0.5, 0.6) is 0 Å². The van der Waals surface area contributed by atoms with Crippen molar-refractivity contribution in [2.45, 2.75) is 39.3 Å². The Morgan fingerprint density at radius 2 is 1.74 bits per heavy atom. The van der Waals surface area contributed by atoms with E-state index in [1.54, 1.807) is 6.92 Å². The number of carboxylic acid groups (broad SMARTS) is 1. The summed E-state index contributed by atoms with van der Waals surface area (Å²) in [5, 5.41) is 24.2. The Hall–Kier alpha value is -3.13. The minimum Gasteiger partial charge on any atom is -0.480 e. The van der Waals surface area contributed by atoms with E-state index in [9.17, 15) is 24.6 Å². The van der Waals surface area contributed by atoms with Crippen LogP contribution in [0, 0.1) is 5.92 Å². The zero-order valence-corrected chi connectivity index (χ0v) is 18.1. The summed E-state index contributed by atoms with van der Waals surface area (Å²) < 4.78 is 4.79. The van der Waals surface area contributed by atoms with Gasteiger partial charge in [0.05, 0.1) is 13.2 Å². The third-order valence-corrected chi connectivity index (χ3v) is 4.72. The van der Waals surface area contributed by atoms with Gasteiger partial charge in [-0.2, -0.15) is 0 Å². The van der Waals surface area contributed by atoms with E-state index < -0.39 is 30.1 Å². The number of ether oxygens (including phenoxy) is 1. The van der Waals surface area contributed by atoms with Crippen LogP contribution in [-0.4, -0.2) is 64.9 Å². The molecule has 2 aromatic carbocycles. The Bertz CT molecular complexity index is 909. The average molecular weight is 431 g/mol. The molecule has 2 amide bonds. The molecule has 168 valence electrons. The van der Waals surface area contributed by atoms with Gasteiger partial charge >= 0.3 is 18.0 Å². The van der Waals surface area contributed by atoms with Crippen LogP contribution in [0.4, 0.5) is 4.79 Å². The fourth-order valence-corrected chi connectivity index (χ4v) is 3.33. The Labute approximate surface area is 181 Å². The first-order chi connectivity index (χ1) is 14.7. The molecule has 0 heterocycles. The molecule has 0 bridgehead atoms. The summed E-state index contributed by atoms with van der Waals surface area (Å²) in [6, 6.07) is 11.4. The fraction of sp³-hybridized carbons (Fsp3) is 0.435. The number of urea groups is 1. The van der Waals surface area contributed by atoms with Crippen LogP contribution in [0.25, 0.3) is 10.8 Å². The molecule has 2 aromatic rings. The summed E-state index contributed by atoms with van der Waals surface area (Å²) in [6.07, 6.45) is -1.41. The second-order valence-corrected chi connectivity index (χ2v) is 7.75. The first-order valence-corrected chi connectivity index (χ1v) is 10.3. The van der Waals surface area contributed by atoms with E-state index in [2.05, 4.69) is 5.32 Å². The van der Waals surface area contributed by atoms with Gasteiger partial charge in [0.25, 0.3) is 0 Å². The van der Waals surface area contributed by atoms with Gasteiger partial charge in [0, 0.05) is 13.0 Å². The standard InChI is InChI=1S/C23H30N2O6/c1-4-31-22(29)20(26)14-25(13-15(2)3)23(30)24-19(21(27)28)12-17-10-7-9-16-8-5-6-11-18(16)17/h5-11,15,19-20,26H,4,12-14H2,1-3H3,(H,24,30)(H,27,28). The summed E-state index contributed by atoms with van der Waals surface area (Å²) in [6.45, 7) is 5.43. The highest BCUT2D eigenvalue weighted by Crippen LogP contribution is 2.20. The molecule has 8 heteroatoms. The number of esters is 1. The van der Waals surface area contributed by atoms with Crippen LogP contribution in [0.3, 0.4) is 0 Å². The minimum absolute atomic E-state index is 0.0430. The van der Waals surface area contributed by atoms with Crippen LogP contribution in [0.2, 0.25) is 0 Å². The largest absolute Gasteiger partial charge is 0.480 e. The van der Waals surface area contributed by atoms with Crippen molar-refractivity contribution in [1.82, 2.24) is 10.2 Å². The van der Waals surface area contributed by atoms with Crippen molar-refractivity contribution >= 4 is 28.7 Å². The number of benzene rings is 2. The Morgan fingerprint density at radius 1 is 1.06 bits per heavy atom. The number of rotatable bonds is 10. The van der Waals surface area contributed by atoms with Gasteiger partial charge in [-0.3, -0.25) is 0 Å². The van der Waals surface area contributed by atoms with Crippen LogP contribution in [-0.2, 0) is 20.7 Å². The maximum Gasteiger partial charge on any atom is 0.336 e. The quantitative estimate of drug-likeness (QED) is 0.499. The smallest absolute Gasteiger partial charge is 0.336 e. The SMILES string of the molecule is CCOC(=O)C(O)CN(CC(C)C)C(=O)NC(Cc1cccc2ccccc12)C(=O)O. The number of hydrogen-bond acceptors (Lipinski definition) is 5. The van der Waals surface area contributed by atoms with Gasteiger partial charge in [-0.05, 0) is 29.2 Å². The molecule has 2 rings (SSSR count). The molecule has 31 heavy (non-hydrogen) atoms. The van der Waals surface area contributed by atoms with Crippen molar-refractivity contribution in [3.8, 4) is 0 Å². The van der Waals surface area contributed by atoms with Crippen LogP contribution >= 0.6 is 0 Å². The molecule has 0 fully saturated rings. The molecule has 0 aliphatic heterocycles. The molecule has 0 aliphatic carbocycles. The minimum atomic E-state index is -1.51. The number of amides is 2. The lowest BCUT2D eigenvalue weighted by Crippen LogP contribution is -2.52. The maximum atomic E-state index is 12.9. The van der Waals surface area contributed by atoms with E-state index in [4.69, 9.17) is 4.74 Å². The number of fused-ring (bicyclic) bond motifs is 1. The Kier molecular flexibility index (Phi) is 8.81. The zero-order chi connectivity index (χ0) is 23.0. The van der Waals surface area contributed by atoms with Crippen LogP contribution in [0.1, 0.15) is 26.3 Å². The average Bonchev–Trinajstić information content (AvgIpc) is 2.72. The van der Waals surface area contributed by atoms with Crippen molar-refractivity contribution in [3.63, 3.8) is 0 Å². The second-order valence-electron chi connectivity index (χ2n) is 7.75. The van der Waals surface area contributed by atoms with E-state index in [1.807, 2.05) is 56.3 Å². The third-order valence-electron chi connectivity index (χ3n) is 4.72. The second kappa shape index (κ2) is 11.3. The summed E-state index contributed by atoms with van der Waals surface area (Å²) in [5.74, 6) is -1.95. The molecule has 0 spiro atoms. The lowest BCUT2D eigenvalue weighted by Gasteiger charge is -2.28. The number of carbonyl (C=O) groups is 3. The Balaban J connectivity index is 2.17. The van der Waals surface area contributed by atoms with Crippen LogP contribution in [0.15, 0.2) is 42.5 Å². The van der Waals surface area contributed by atoms with E-state index in [1.165, 1.54) is 4.90 Å².